The molecule has 5 heteroatoms. The Hall–Kier alpha value is -7.99. The van der Waals surface area contributed by atoms with Gasteiger partial charge in [0.2, 0.25) is 0 Å². The van der Waals surface area contributed by atoms with Crippen molar-refractivity contribution in [2.45, 2.75) is 0 Å². The van der Waals surface area contributed by atoms with E-state index in [0.717, 1.165) is 33.5 Å². The van der Waals surface area contributed by atoms with Crippen LogP contribution in [0.2, 0.25) is 0 Å². The second-order valence-electron chi connectivity index (χ2n) is 15.9. The maximum atomic E-state index is 5.35. The molecule has 0 radical (unpaired) electrons. The zero-order chi connectivity index (χ0) is 40.7. The molecule has 13 aromatic rings. The molecule has 0 saturated heterocycles. The second-order valence-corrected chi connectivity index (χ2v) is 17.0. The maximum absolute atomic E-state index is 5.35. The topological polar surface area (TPSA) is 43.6 Å². The molecule has 0 atom stereocenters. The molecular weight excluding hydrogens is 773 g/mol. The van der Waals surface area contributed by atoms with Gasteiger partial charge in [0.05, 0.1) is 11.0 Å². The summed E-state index contributed by atoms with van der Waals surface area (Å²) in [6, 6.07) is 73.9. The number of nitrogens with zero attached hydrogens (tertiary/aromatic N) is 4. The molecule has 0 amide bonds. The van der Waals surface area contributed by atoms with Crippen LogP contribution in [-0.4, -0.2) is 19.5 Å². The number of fused-ring (bicyclic) bond motifs is 12. The fraction of sp³-hybridized carbons (Fsp3) is 0. The molecular formula is C57H34N4S. The molecule has 3 aromatic heterocycles. The van der Waals surface area contributed by atoms with E-state index in [2.05, 4.69) is 193 Å². The van der Waals surface area contributed by atoms with E-state index in [0.29, 0.717) is 17.5 Å². The fourth-order valence-corrected chi connectivity index (χ4v) is 10.8. The first-order valence-electron chi connectivity index (χ1n) is 20.9. The van der Waals surface area contributed by atoms with Crippen molar-refractivity contribution in [1.82, 2.24) is 19.5 Å². The predicted octanol–water partition coefficient (Wildman–Crippen LogP) is 15.5. The average Bonchev–Trinajstić information content (AvgIpc) is 3.89. The van der Waals surface area contributed by atoms with E-state index in [1.165, 1.54) is 74.3 Å². The number of thiophene rings is 1. The first kappa shape index (κ1) is 34.8. The lowest BCUT2D eigenvalue weighted by atomic mass is 9.93. The van der Waals surface area contributed by atoms with Gasteiger partial charge in [-0.1, -0.05) is 152 Å². The third-order valence-corrected chi connectivity index (χ3v) is 13.5. The summed E-state index contributed by atoms with van der Waals surface area (Å²) in [6.45, 7) is 0. The van der Waals surface area contributed by atoms with Crippen LogP contribution in [0.3, 0.4) is 0 Å². The normalized spacial score (nSPS) is 11.9. The number of benzene rings is 10. The van der Waals surface area contributed by atoms with Crippen molar-refractivity contribution in [3.8, 4) is 51.0 Å². The molecule has 0 bridgehead atoms. The van der Waals surface area contributed by atoms with E-state index in [1.807, 2.05) is 29.5 Å². The van der Waals surface area contributed by atoms with Gasteiger partial charge >= 0.3 is 0 Å². The van der Waals surface area contributed by atoms with Crippen molar-refractivity contribution in [3.63, 3.8) is 0 Å². The largest absolute Gasteiger partial charge is 0.309 e. The van der Waals surface area contributed by atoms with Gasteiger partial charge in [-0.2, -0.15) is 0 Å². The molecule has 62 heavy (non-hydrogen) atoms. The van der Waals surface area contributed by atoms with E-state index in [1.54, 1.807) is 0 Å². The van der Waals surface area contributed by atoms with Gasteiger partial charge in [-0.25, -0.2) is 15.0 Å². The predicted molar refractivity (Wildman–Crippen MR) is 261 cm³/mol. The molecule has 3 heterocycles. The van der Waals surface area contributed by atoms with Crippen molar-refractivity contribution in [2.24, 2.45) is 0 Å². The van der Waals surface area contributed by atoms with Gasteiger partial charge in [0.15, 0.2) is 17.5 Å². The summed E-state index contributed by atoms with van der Waals surface area (Å²) in [6.07, 6.45) is 0. The van der Waals surface area contributed by atoms with Crippen LogP contribution in [0.15, 0.2) is 206 Å². The van der Waals surface area contributed by atoms with Crippen LogP contribution in [0.5, 0.6) is 0 Å². The highest BCUT2D eigenvalue weighted by molar-refractivity contribution is 7.26. The highest BCUT2D eigenvalue weighted by atomic mass is 32.1. The lowest BCUT2D eigenvalue weighted by Gasteiger charge is -2.13. The summed E-state index contributed by atoms with van der Waals surface area (Å²) in [5, 5.41) is 12.3. The minimum atomic E-state index is 0.639. The molecule has 13 rings (SSSR count). The zero-order valence-corrected chi connectivity index (χ0v) is 34.1. The van der Waals surface area contributed by atoms with Crippen LogP contribution in [0.1, 0.15) is 0 Å². The van der Waals surface area contributed by atoms with Gasteiger partial charge < -0.3 is 4.57 Å². The molecule has 0 spiro atoms. The van der Waals surface area contributed by atoms with Gasteiger partial charge in [-0.3, -0.25) is 0 Å². The Morgan fingerprint density at radius 2 is 0.823 bits per heavy atom. The number of hydrogen-bond acceptors (Lipinski definition) is 4. The highest BCUT2D eigenvalue weighted by Crippen LogP contribution is 2.45. The molecule has 0 aliphatic heterocycles. The maximum Gasteiger partial charge on any atom is 0.164 e. The molecule has 0 unspecified atom stereocenters. The summed E-state index contributed by atoms with van der Waals surface area (Å²) in [4.78, 5) is 15.8. The summed E-state index contributed by atoms with van der Waals surface area (Å²) in [5.41, 5.74) is 8.65. The summed E-state index contributed by atoms with van der Waals surface area (Å²) >= 11 is 1.82. The minimum absolute atomic E-state index is 0.639. The SMILES string of the molecule is c1ccc(-c2nc(-c3cc(-c4ccc5c(c4)c4ccccc4n5-c4ccccc4)c4c(c3)sc3ccccc34)nc(-c3ccc4c5ccccc5c5ccccc5c4c3)n2)cc1. The quantitative estimate of drug-likeness (QED) is 0.163. The summed E-state index contributed by atoms with van der Waals surface area (Å²) in [5.74, 6) is 1.92. The first-order valence-corrected chi connectivity index (χ1v) is 21.7. The Kier molecular flexibility index (Phi) is 7.74. The number of hydrogen-bond donors (Lipinski definition) is 0. The molecule has 0 saturated carbocycles. The average molecular weight is 807 g/mol. The number of aromatic nitrogens is 4. The minimum Gasteiger partial charge on any atom is -0.309 e. The van der Waals surface area contributed by atoms with Crippen LogP contribution in [-0.2, 0) is 0 Å². The second kappa shape index (κ2) is 13.8. The molecule has 0 fully saturated rings. The molecule has 0 aliphatic carbocycles. The summed E-state index contributed by atoms with van der Waals surface area (Å²) < 4.78 is 4.81. The Balaban J connectivity index is 1.05. The molecule has 4 nitrogen and oxygen atoms in total. The van der Waals surface area contributed by atoms with Crippen molar-refractivity contribution in [1.29, 1.82) is 0 Å². The van der Waals surface area contributed by atoms with E-state index in [-0.39, 0.29) is 0 Å². The Bertz CT molecular complexity index is 3890. The van der Waals surface area contributed by atoms with Crippen LogP contribution < -0.4 is 0 Å². The third-order valence-electron chi connectivity index (χ3n) is 12.4. The lowest BCUT2D eigenvalue weighted by molar-refractivity contribution is 1.08. The Morgan fingerprint density at radius 1 is 0.306 bits per heavy atom. The zero-order valence-electron chi connectivity index (χ0n) is 33.3. The molecule has 0 aliphatic rings. The van der Waals surface area contributed by atoms with Crippen LogP contribution in [0, 0.1) is 0 Å². The van der Waals surface area contributed by atoms with Crippen molar-refractivity contribution in [3.05, 3.63) is 206 Å². The van der Waals surface area contributed by atoms with Crippen LogP contribution in [0.25, 0.3) is 125 Å². The smallest absolute Gasteiger partial charge is 0.164 e. The summed E-state index contributed by atoms with van der Waals surface area (Å²) in [7, 11) is 0. The molecule has 288 valence electrons. The van der Waals surface area contributed by atoms with Crippen molar-refractivity contribution >= 4 is 85.6 Å². The van der Waals surface area contributed by atoms with Crippen LogP contribution in [0.4, 0.5) is 0 Å². The monoisotopic (exact) mass is 806 g/mol. The van der Waals surface area contributed by atoms with E-state index >= 15 is 0 Å². The fourth-order valence-electron chi connectivity index (χ4n) is 9.60. The van der Waals surface area contributed by atoms with Crippen molar-refractivity contribution in [2.75, 3.05) is 0 Å². The number of para-hydroxylation sites is 2. The Morgan fingerprint density at radius 3 is 1.55 bits per heavy atom. The van der Waals surface area contributed by atoms with Crippen molar-refractivity contribution < 1.29 is 0 Å². The van der Waals surface area contributed by atoms with E-state index < -0.39 is 0 Å². The van der Waals surface area contributed by atoms with E-state index in [4.69, 9.17) is 15.0 Å². The highest BCUT2D eigenvalue weighted by Gasteiger charge is 2.20. The lowest BCUT2D eigenvalue weighted by Crippen LogP contribution is -2.00. The molecule has 10 aromatic carbocycles. The van der Waals surface area contributed by atoms with Gasteiger partial charge in [0, 0.05) is 53.3 Å². The van der Waals surface area contributed by atoms with Gasteiger partial charge in [-0.15, -0.1) is 11.3 Å². The van der Waals surface area contributed by atoms with Gasteiger partial charge in [0.25, 0.3) is 0 Å². The van der Waals surface area contributed by atoms with Crippen LogP contribution >= 0.6 is 11.3 Å². The number of rotatable bonds is 5. The molecule has 0 N–H and O–H groups in total. The Labute approximate surface area is 360 Å². The first-order chi connectivity index (χ1) is 30.7. The van der Waals surface area contributed by atoms with Gasteiger partial charge in [-0.05, 0) is 98.0 Å². The third kappa shape index (κ3) is 5.42. The van der Waals surface area contributed by atoms with Gasteiger partial charge in [0.1, 0.15) is 0 Å². The van der Waals surface area contributed by atoms with E-state index in [9.17, 15) is 0 Å². The standard InChI is InChI=1S/C57H34N4S/c1-3-15-35(16-4-1)55-58-56(37-27-29-44-42-21-8-7-19-40(42)41-20-9-10-22-43(41)48(44)32-37)60-57(59-55)38-33-47(54-46-24-12-14-26-52(46)62-53(54)34-38)36-28-30-51-49(31-36)45-23-11-13-25-50(45)61(51)39-17-5-2-6-18-39/h1-34H.